The van der Waals surface area contributed by atoms with Gasteiger partial charge >= 0.3 is 0 Å². The van der Waals surface area contributed by atoms with Crippen LogP contribution in [0.5, 0.6) is 0 Å². The highest BCUT2D eigenvalue weighted by Gasteiger charge is 2.39. The van der Waals surface area contributed by atoms with Crippen molar-refractivity contribution in [2.24, 2.45) is 17.8 Å². The van der Waals surface area contributed by atoms with Crippen molar-refractivity contribution in [3.05, 3.63) is 0 Å². The van der Waals surface area contributed by atoms with Crippen LogP contribution < -0.4 is 5.32 Å². The number of fused-ring (bicyclic) bond motifs is 2. The zero-order chi connectivity index (χ0) is 12.3. The van der Waals surface area contributed by atoms with Gasteiger partial charge in [0.25, 0.3) is 0 Å². The maximum absolute atomic E-state index is 3.70. The smallest absolute Gasteiger partial charge is 0.0160 e. The second-order valence-electron chi connectivity index (χ2n) is 6.31. The third-order valence-electron chi connectivity index (χ3n) is 4.60. The molecule has 2 heteroatoms. The predicted molar refractivity (Wildman–Crippen MR) is 78.6 cm³/mol. The molecule has 100 valence electrons. The lowest BCUT2D eigenvalue weighted by Crippen LogP contribution is -2.34. The number of hydrogen-bond acceptors (Lipinski definition) is 2. The summed E-state index contributed by atoms with van der Waals surface area (Å²) in [5.74, 6) is 4.54. The standard InChI is InChI=1S/C15H29NS/c1-4-16-15(10-17-11(2)3)9-14-8-12-5-6-13(14)7-12/h11-16H,4-10H2,1-3H3. The lowest BCUT2D eigenvalue weighted by atomic mass is 9.84. The summed E-state index contributed by atoms with van der Waals surface area (Å²) in [6, 6.07) is 0.761. The second kappa shape index (κ2) is 6.47. The molecule has 1 N–H and O–H groups in total. The summed E-state index contributed by atoms with van der Waals surface area (Å²) in [5.41, 5.74) is 0. The summed E-state index contributed by atoms with van der Waals surface area (Å²) in [5, 5.41) is 4.48. The molecule has 0 saturated heterocycles. The molecule has 4 unspecified atom stereocenters. The molecule has 0 aromatic heterocycles. The lowest BCUT2D eigenvalue weighted by molar-refractivity contribution is 0.287. The van der Waals surface area contributed by atoms with Crippen molar-refractivity contribution in [1.82, 2.24) is 5.32 Å². The van der Waals surface area contributed by atoms with Crippen molar-refractivity contribution < 1.29 is 0 Å². The fraction of sp³-hybridized carbons (Fsp3) is 1.00. The van der Waals surface area contributed by atoms with Crippen LogP contribution >= 0.6 is 11.8 Å². The third-order valence-corrected chi connectivity index (χ3v) is 5.86. The van der Waals surface area contributed by atoms with Crippen LogP contribution in [0.15, 0.2) is 0 Å². The first-order chi connectivity index (χ1) is 8.19. The largest absolute Gasteiger partial charge is 0.313 e. The van der Waals surface area contributed by atoms with Crippen molar-refractivity contribution in [2.75, 3.05) is 12.3 Å². The lowest BCUT2D eigenvalue weighted by Gasteiger charge is -2.27. The van der Waals surface area contributed by atoms with Crippen LogP contribution in [-0.4, -0.2) is 23.6 Å². The van der Waals surface area contributed by atoms with Gasteiger partial charge in [0.1, 0.15) is 0 Å². The minimum absolute atomic E-state index is 0.761. The molecule has 0 aromatic rings. The van der Waals surface area contributed by atoms with Gasteiger partial charge in [0, 0.05) is 11.8 Å². The minimum Gasteiger partial charge on any atom is -0.313 e. The molecule has 2 rings (SSSR count). The van der Waals surface area contributed by atoms with Crippen molar-refractivity contribution in [3.63, 3.8) is 0 Å². The maximum atomic E-state index is 3.70. The first kappa shape index (κ1) is 13.7. The average molecular weight is 255 g/mol. The molecule has 0 amide bonds. The molecule has 2 bridgehead atoms. The van der Waals surface area contributed by atoms with Crippen LogP contribution in [0.4, 0.5) is 0 Å². The Hall–Kier alpha value is 0.310. The van der Waals surface area contributed by atoms with E-state index < -0.39 is 0 Å². The normalized spacial score (nSPS) is 33.5. The van der Waals surface area contributed by atoms with Gasteiger partial charge in [-0.05, 0) is 55.2 Å². The number of nitrogens with one attached hydrogen (secondary N) is 1. The molecule has 2 aliphatic carbocycles. The summed E-state index contributed by atoms with van der Waals surface area (Å²) >= 11 is 2.12. The van der Waals surface area contributed by atoms with Gasteiger partial charge < -0.3 is 5.32 Å². The Morgan fingerprint density at radius 1 is 1.24 bits per heavy atom. The molecule has 0 heterocycles. The molecule has 0 spiro atoms. The Morgan fingerprint density at radius 3 is 2.59 bits per heavy atom. The quantitative estimate of drug-likeness (QED) is 0.740. The van der Waals surface area contributed by atoms with E-state index in [-0.39, 0.29) is 0 Å². The van der Waals surface area contributed by atoms with Crippen LogP contribution in [0.3, 0.4) is 0 Å². The van der Waals surface area contributed by atoms with E-state index in [0.717, 1.165) is 35.6 Å². The van der Waals surface area contributed by atoms with Crippen molar-refractivity contribution in [1.29, 1.82) is 0 Å². The molecular formula is C15H29NS. The van der Waals surface area contributed by atoms with E-state index >= 15 is 0 Å². The number of rotatable bonds is 7. The molecule has 0 radical (unpaired) electrons. The van der Waals surface area contributed by atoms with E-state index in [1.807, 2.05) is 0 Å². The van der Waals surface area contributed by atoms with Gasteiger partial charge in [-0.1, -0.05) is 27.2 Å². The minimum atomic E-state index is 0.761. The first-order valence-electron chi connectivity index (χ1n) is 7.54. The van der Waals surface area contributed by atoms with Crippen molar-refractivity contribution in [2.45, 2.75) is 64.2 Å². The van der Waals surface area contributed by atoms with E-state index in [2.05, 4.69) is 37.8 Å². The molecule has 4 atom stereocenters. The topological polar surface area (TPSA) is 12.0 Å². The second-order valence-corrected chi connectivity index (χ2v) is 7.92. The fourth-order valence-electron chi connectivity index (χ4n) is 3.84. The number of hydrogen-bond donors (Lipinski definition) is 1. The molecule has 17 heavy (non-hydrogen) atoms. The highest BCUT2D eigenvalue weighted by Crippen LogP contribution is 2.49. The van der Waals surface area contributed by atoms with Crippen LogP contribution in [-0.2, 0) is 0 Å². The summed E-state index contributed by atoms with van der Waals surface area (Å²) in [6.07, 6.45) is 7.60. The van der Waals surface area contributed by atoms with E-state index in [0.29, 0.717) is 0 Å². The summed E-state index contributed by atoms with van der Waals surface area (Å²) in [7, 11) is 0. The SMILES string of the molecule is CCNC(CSC(C)C)CC1CC2CCC1C2. The summed E-state index contributed by atoms with van der Waals surface area (Å²) < 4.78 is 0. The average Bonchev–Trinajstić information content (AvgIpc) is 2.88. The highest BCUT2D eigenvalue weighted by molar-refractivity contribution is 7.99. The highest BCUT2D eigenvalue weighted by atomic mass is 32.2. The van der Waals surface area contributed by atoms with Crippen molar-refractivity contribution in [3.8, 4) is 0 Å². The Morgan fingerprint density at radius 2 is 2.06 bits per heavy atom. The zero-order valence-electron chi connectivity index (χ0n) is 11.7. The van der Waals surface area contributed by atoms with Gasteiger partial charge in [-0.15, -0.1) is 0 Å². The monoisotopic (exact) mass is 255 g/mol. The van der Waals surface area contributed by atoms with E-state index in [9.17, 15) is 0 Å². The molecule has 2 saturated carbocycles. The molecule has 1 nitrogen and oxygen atoms in total. The van der Waals surface area contributed by atoms with E-state index in [4.69, 9.17) is 0 Å². The first-order valence-corrected chi connectivity index (χ1v) is 8.58. The Kier molecular flexibility index (Phi) is 5.23. The molecular weight excluding hydrogens is 226 g/mol. The van der Waals surface area contributed by atoms with Gasteiger partial charge in [0.05, 0.1) is 0 Å². The summed E-state index contributed by atoms with van der Waals surface area (Å²) in [6.45, 7) is 7.99. The Bertz CT molecular complexity index is 229. The molecule has 2 aliphatic rings. The molecule has 0 aromatic carbocycles. The van der Waals surface area contributed by atoms with Crippen LogP contribution in [0, 0.1) is 17.8 Å². The third kappa shape index (κ3) is 3.89. The fourth-order valence-corrected chi connectivity index (χ4v) is 4.71. The van der Waals surface area contributed by atoms with Crippen molar-refractivity contribution >= 4 is 11.8 Å². The van der Waals surface area contributed by atoms with E-state index in [1.165, 1.54) is 25.0 Å². The maximum Gasteiger partial charge on any atom is 0.0160 e. The number of thioether (sulfide) groups is 1. The van der Waals surface area contributed by atoms with Crippen LogP contribution in [0.25, 0.3) is 0 Å². The van der Waals surface area contributed by atoms with E-state index in [1.54, 1.807) is 12.8 Å². The van der Waals surface area contributed by atoms with Gasteiger partial charge in [0.15, 0.2) is 0 Å². The summed E-state index contributed by atoms with van der Waals surface area (Å²) in [4.78, 5) is 0. The Labute approximate surface area is 112 Å². The van der Waals surface area contributed by atoms with Crippen LogP contribution in [0.2, 0.25) is 0 Å². The van der Waals surface area contributed by atoms with Gasteiger partial charge in [-0.3, -0.25) is 0 Å². The predicted octanol–water partition coefficient (Wildman–Crippen LogP) is 3.93. The van der Waals surface area contributed by atoms with Gasteiger partial charge in [0.2, 0.25) is 0 Å². The zero-order valence-corrected chi connectivity index (χ0v) is 12.6. The van der Waals surface area contributed by atoms with Gasteiger partial charge in [-0.2, -0.15) is 11.8 Å². The van der Waals surface area contributed by atoms with Gasteiger partial charge in [-0.25, -0.2) is 0 Å². The molecule has 2 fully saturated rings. The Balaban J connectivity index is 1.76. The molecule has 0 aliphatic heterocycles. The van der Waals surface area contributed by atoms with Crippen LogP contribution in [0.1, 0.15) is 52.9 Å².